The molecule has 1 aliphatic rings. The normalized spacial score (nSPS) is 18.3. The number of rotatable bonds is 5. The molecule has 0 bridgehead atoms. The molecule has 1 heterocycles. The van der Waals surface area contributed by atoms with Crippen LogP contribution in [0, 0.1) is 0 Å². The highest BCUT2D eigenvalue weighted by molar-refractivity contribution is 6.02. The number of imide groups is 1. The molecule has 0 aromatic rings. The van der Waals surface area contributed by atoms with E-state index in [0.29, 0.717) is 6.42 Å². The van der Waals surface area contributed by atoms with Crippen LogP contribution in [0.5, 0.6) is 0 Å². The molecule has 15 heavy (non-hydrogen) atoms. The summed E-state index contributed by atoms with van der Waals surface area (Å²) in [7, 11) is 0. The van der Waals surface area contributed by atoms with E-state index < -0.39 is 12.0 Å². The average molecular weight is 213 g/mol. The Labute approximate surface area is 88.1 Å². The van der Waals surface area contributed by atoms with Crippen molar-refractivity contribution in [3.8, 4) is 0 Å². The zero-order chi connectivity index (χ0) is 11.4. The van der Waals surface area contributed by atoms with E-state index in [0.717, 1.165) is 11.3 Å². The lowest BCUT2D eigenvalue weighted by molar-refractivity contribution is -0.144. The van der Waals surface area contributed by atoms with Gasteiger partial charge in [-0.3, -0.25) is 19.3 Å². The number of hydrogen-bond donors (Lipinski definition) is 1. The number of likely N-dealkylation sites (tertiary alicyclic amines) is 1. The fourth-order valence-electron chi connectivity index (χ4n) is 1.86. The Balaban J connectivity index is 2.73. The molecule has 0 aliphatic carbocycles. The standard InChI is InChI=1S/C10H15NO4/c1-2-3-7(6-10(14)15)11-8(12)4-5-9(11)13/h7H,2-6H2,1H3,(H,14,15). The van der Waals surface area contributed by atoms with Gasteiger partial charge in [0.05, 0.1) is 12.5 Å². The Morgan fingerprint density at radius 3 is 2.33 bits per heavy atom. The molecule has 5 nitrogen and oxygen atoms in total. The van der Waals surface area contributed by atoms with Crippen LogP contribution in [-0.2, 0) is 14.4 Å². The van der Waals surface area contributed by atoms with Crippen molar-refractivity contribution < 1.29 is 19.5 Å². The van der Waals surface area contributed by atoms with Crippen molar-refractivity contribution in [2.75, 3.05) is 0 Å². The summed E-state index contributed by atoms with van der Waals surface area (Å²) < 4.78 is 0. The largest absolute Gasteiger partial charge is 0.481 e. The van der Waals surface area contributed by atoms with E-state index >= 15 is 0 Å². The maximum absolute atomic E-state index is 11.4. The lowest BCUT2D eigenvalue weighted by Crippen LogP contribution is -2.40. The van der Waals surface area contributed by atoms with Gasteiger partial charge in [-0.2, -0.15) is 0 Å². The molecule has 0 spiro atoms. The molecule has 0 radical (unpaired) electrons. The SMILES string of the molecule is CCCC(CC(=O)O)N1C(=O)CCC1=O. The highest BCUT2D eigenvalue weighted by Crippen LogP contribution is 2.20. The second kappa shape index (κ2) is 4.91. The van der Waals surface area contributed by atoms with Crippen molar-refractivity contribution in [3.05, 3.63) is 0 Å². The Hall–Kier alpha value is -1.39. The van der Waals surface area contributed by atoms with Crippen molar-refractivity contribution in [3.63, 3.8) is 0 Å². The van der Waals surface area contributed by atoms with Crippen LogP contribution in [0.1, 0.15) is 39.0 Å². The fraction of sp³-hybridized carbons (Fsp3) is 0.700. The molecule has 1 unspecified atom stereocenters. The zero-order valence-electron chi connectivity index (χ0n) is 8.73. The smallest absolute Gasteiger partial charge is 0.305 e. The minimum atomic E-state index is -0.971. The summed E-state index contributed by atoms with van der Waals surface area (Å²) in [6.07, 6.45) is 1.61. The first-order valence-electron chi connectivity index (χ1n) is 5.13. The van der Waals surface area contributed by atoms with Gasteiger partial charge in [-0.05, 0) is 6.42 Å². The van der Waals surface area contributed by atoms with Gasteiger partial charge in [0, 0.05) is 12.8 Å². The van der Waals surface area contributed by atoms with Crippen LogP contribution >= 0.6 is 0 Å². The molecule has 0 saturated carbocycles. The minimum absolute atomic E-state index is 0.148. The molecule has 0 aromatic carbocycles. The average Bonchev–Trinajstić information content (AvgIpc) is 2.45. The molecule has 1 atom stereocenters. The molecule has 1 N–H and O–H groups in total. The maximum atomic E-state index is 11.4. The van der Waals surface area contributed by atoms with Gasteiger partial charge in [-0.1, -0.05) is 13.3 Å². The van der Waals surface area contributed by atoms with E-state index in [1.165, 1.54) is 0 Å². The van der Waals surface area contributed by atoms with Crippen LogP contribution < -0.4 is 0 Å². The van der Waals surface area contributed by atoms with E-state index in [1.54, 1.807) is 0 Å². The topological polar surface area (TPSA) is 74.7 Å². The Morgan fingerprint density at radius 1 is 1.40 bits per heavy atom. The second-order valence-corrected chi connectivity index (χ2v) is 3.70. The molecule has 1 fully saturated rings. The van der Waals surface area contributed by atoms with Crippen LogP contribution in [0.3, 0.4) is 0 Å². The van der Waals surface area contributed by atoms with Crippen LogP contribution in [0.4, 0.5) is 0 Å². The third-order valence-corrected chi connectivity index (χ3v) is 2.49. The number of carbonyl (C=O) groups excluding carboxylic acids is 2. The molecule has 5 heteroatoms. The monoisotopic (exact) mass is 213 g/mol. The molecular formula is C10H15NO4. The number of amides is 2. The molecule has 1 rings (SSSR count). The van der Waals surface area contributed by atoms with Crippen molar-refractivity contribution in [1.29, 1.82) is 0 Å². The zero-order valence-corrected chi connectivity index (χ0v) is 8.73. The van der Waals surface area contributed by atoms with Crippen LogP contribution in [0.15, 0.2) is 0 Å². The molecule has 1 aliphatic heterocycles. The van der Waals surface area contributed by atoms with E-state index in [9.17, 15) is 14.4 Å². The number of hydrogen-bond acceptors (Lipinski definition) is 3. The third kappa shape index (κ3) is 2.78. The Bertz CT molecular complexity index is 271. The van der Waals surface area contributed by atoms with Crippen molar-refractivity contribution in [2.24, 2.45) is 0 Å². The predicted molar refractivity (Wildman–Crippen MR) is 52.0 cm³/mol. The first kappa shape index (κ1) is 11.7. The summed E-state index contributed by atoms with van der Waals surface area (Å²) in [6.45, 7) is 1.90. The van der Waals surface area contributed by atoms with E-state index in [4.69, 9.17) is 5.11 Å². The van der Waals surface area contributed by atoms with Crippen molar-refractivity contribution >= 4 is 17.8 Å². The van der Waals surface area contributed by atoms with E-state index in [1.807, 2.05) is 6.92 Å². The molecule has 0 aromatic heterocycles. The lowest BCUT2D eigenvalue weighted by atomic mass is 10.1. The highest BCUT2D eigenvalue weighted by Gasteiger charge is 2.35. The van der Waals surface area contributed by atoms with Gasteiger partial charge < -0.3 is 5.11 Å². The number of carboxylic acid groups (broad SMARTS) is 1. The van der Waals surface area contributed by atoms with Gasteiger partial charge in [-0.25, -0.2) is 0 Å². The van der Waals surface area contributed by atoms with E-state index in [2.05, 4.69) is 0 Å². The fourth-order valence-corrected chi connectivity index (χ4v) is 1.86. The first-order valence-corrected chi connectivity index (χ1v) is 5.13. The van der Waals surface area contributed by atoms with Gasteiger partial charge in [0.25, 0.3) is 0 Å². The first-order chi connectivity index (χ1) is 7.06. The van der Waals surface area contributed by atoms with Crippen LogP contribution in [0.25, 0.3) is 0 Å². The maximum Gasteiger partial charge on any atom is 0.305 e. The van der Waals surface area contributed by atoms with E-state index in [-0.39, 0.29) is 31.1 Å². The summed E-state index contributed by atoms with van der Waals surface area (Å²) >= 11 is 0. The molecular weight excluding hydrogens is 198 g/mol. The van der Waals surface area contributed by atoms with Gasteiger partial charge in [-0.15, -0.1) is 0 Å². The van der Waals surface area contributed by atoms with Gasteiger partial charge >= 0.3 is 5.97 Å². The van der Waals surface area contributed by atoms with Crippen molar-refractivity contribution in [2.45, 2.75) is 45.1 Å². The predicted octanol–water partition coefficient (Wildman–Crippen LogP) is 0.779. The minimum Gasteiger partial charge on any atom is -0.481 e. The molecule has 84 valence electrons. The Kier molecular flexibility index (Phi) is 3.82. The lowest BCUT2D eigenvalue weighted by Gasteiger charge is -2.24. The van der Waals surface area contributed by atoms with Gasteiger partial charge in [0.2, 0.25) is 11.8 Å². The highest BCUT2D eigenvalue weighted by atomic mass is 16.4. The number of carboxylic acids is 1. The number of nitrogens with zero attached hydrogens (tertiary/aromatic N) is 1. The summed E-state index contributed by atoms with van der Waals surface area (Å²) in [5, 5.41) is 8.69. The summed E-state index contributed by atoms with van der Waals surface area (Å²) in [5.74, 6) is -1.44. The molecule has 1 saturated heterocycles. The Morgan fingerprint density at radius 2 is 1.93 bits per heavy atom. The quantitative estimate of drug-likeness (QED) is 0.685. The third-order valence-electron chi connectivity index (χ3n) is 2.49. The van der Waals surface area contributed by atoms with Crippen LogP contribution in [-0.4, -0.2) is 33.8 Å². The number of carbonyl (C=O) groups is 3. The van der Waals surface area contributed by atoms with Gasteiger partial charge in [0.15, 0.2) is 0 Å². The summed E-state index contributed by atoms with van der Waals surface area (Å²) in [5.41, 5.74) is 0. The van der Waals surface area contributed by atoms with Crippen LogP contribution in [0.2, 0.25) is 0 Å². The summed E-state index contributed by atoms with van der Waals surface area (Å²) in [4.78, 5) is 34.5. The van der Waals surface area contributed by atoms with Crippen molar-refractivity contribution in [1.82, 2.24) is 4.90 Å². The van der Waals surface area contributed by atoms with Gasteiger partial charge in [0.1, 0.15) is 0 Å². The second-order valence-electron chi connectivity index (χ2n) is 3.70. The number of aliphatic carboxylic acids is 1. The molecule has 2 amide bonds. The summed E-state index contributed by atoms with van der Waals surface area (Å²) in [6, 6.07) is -0.463.